The summed E-state index contributed by atoms with van der Waals surface area (Å²) in [4.78, 5) is 14.0. The van der Waals surface area contributed by atoms with E-state index < -0.39 is 5.82 Å². The molecule has 0 unspecified atom stereocenters. The molecule has 0 radical (unpaired) electrons. The zero-order valence-corrected chi connectivity index (χ0v) is 12.3. The van der Waals surface area contributed by atoms with Crippen molar-refractivity contribution < 1.29 is 13.9 Å². The van der Waals surface area contributed by atoms with Crippen LogP contribution in [-0.2, 0) is 11.3 Å². The zero-order valence-electron chi connectivity index (χ0n) is 12.3. The number of halogens is 1. The standard InChI is InChI=1S/C15H17FN4O2/c1-22-10-11-8-20(18-17-11)12-6-7-19(9-12)15(21)13-4-2-3-5-14(13)16/h2-5,8,12H,6-7,9-10H2,1H3/t12-/m1/s1. The summed E-state index contributed by atoms with van der Waals surface area (Å²) in [6.45, 7) is 1.49. The van der Waals surface area contributed by atoms with Crippen LogP contribution in [0.5, 0.6) is 0 Å². The molecule has 0 spiro atoms. The minimum atomic E-state index is -0.487. The number of hydrogen-bond acceptors (Lipinski definition) is 4. The molecule has 1 aliphatic rings. The molecule has 3 rings (SSSR count). The maximum absolute atomic E-state index is 13.7. The first-order chi connectivity index (χ1) is 10.7. The molecule has 1 fully saturated rings. The lowest BCUT2D eigenvalue weighted by atomic mass is 10.2. The van der Waals surface area contributed by atoms with E-state index in [4.69, 9.17) is 4.74 Å². The monoisotopic (exact) mass is 304 g/mol. The van der Waals surface area contributed by atoms with Gasteiger partial charge in [0.1, 0.15) is 11.5 Å². The second-order valence-corrected chi connectivity index (χ2v) is 5.30. The molecule has 1 aliphatic heterocycles. The van der Waals surface area contributed by atoms with Crippen LogP contribution in [0.15, 0.2) is 30.5 Å². The van der Waals surface area contributed by atoms with Gasteiger partial charge in [0.15, 0.2) is 0 Å². The van der Waals surface area contributed by atoms with E-state index in [-0.39, 0.29) is 17.5 Å². The first-order valence-corrected chi connectivity index (χ1v) is 7.12. The fourth-order valence-corrected chi connectivity index (χ4v) is 2.65. The van der Waals surface area contributed by atoms with Crippen molar-refractivity contribution in [3.63, 3.8) is 0 Å². The maximum atomic E-state index is 13.7. The van der Waals surface area contributed by atoms with Crippen molar-refractivity contribution in [1.29, 1.82) is 0 Å². The van der Waals surface area contributed by atoms with Gasteiger partial charge in [-0.05, 0) is 18.6 Å². The molecule has 2 aromatic rings. The third-order valence-corrected chi connectivity index (χ3v) is 3.78. The van der Waals surface area contributed by atoms with Crippen molar-refractivity contribution in [3.05, 3.63) is 47.5 Å². The van der Waals surface area contributed by atoms with Crippen molar-refractivity contribution >= 4 is 5.91 Å². The van der Waals surface area contributed by atoms with Crippen molar-refractivity contribution in [2.24, 2.45) is 0 Å². The predicted molar refractivity (Wildman–Crippen MR) is 76.7 cm³/mol. The molecule has 1 atom stereocenters. The molecular formula is C15H17FN4O2. The average molecular weight is 304 g/mol. The van der Waals surface area contributed by atoms with Crippen LogP contribution in [0.25, 0.3) is 0 Å². The molecule has 0 N–H and O–H groups in total. The molecule has 0 aliphatic carbocycles. The van der Waals surface area contributed by atoms with E-state index in [1.54, 1.807) is 28.8 Å². The van der Waals surface area contributed by atoms with Crippen LogP contribution in [0.3, 0.4) is 0 Å². The minimum Gasteiger partial charge on any atom is -0.378 e. The van der Waals surface area contributed by atoms with Crippen LogP contribution < -0.4 is 0 Å². The number of hydrogen-bond donors (Lipinski definition) is 0. The Hall–Kier alpha value is -2.28. The molecule has 1 saturated heterocycles. The quantitative estimate of drug-likeness (QED) is 0.862. The van der Waals surface area contributed by atoms with Gasteiger partial charge in [-0.3, -0.25) is 4.79 Å². The zero-order chi connectivity index (χ0) is 15.5. The highest BCUT2D eigenvalue weighted by Crippen LogP contribution is 2.23. The van der Waals surface area contributed by atoms with Gasteiger partial charge in [-0.1, -0.05) is 17.3 Å². The highest BCUT2D eigenvalue weighted by atomic mass is 19.1. The molecular weight excluding hydrogens is 287 g/mol. The second kappa shape index (κ2) is 6.23. The molecule has 1 aromatic heterocycles. The summed E-state index contributed by atoms with van der Waals surface area (Å²) in [5.41, 5.74) is 0.864. The van der Waals surface area contributed by atoms with Crippen LogP contribution in [0, 0.1) is 5.82 Å². The molecule has 0 saturated carbocycles. The summed E-state index contributed by atoms with van der Waals surface area (Å²) in [5, 5.41) is 8.09. The number of aromatic nitrogens is 3. The Morgan fingerprint density at radius 1 is 1.45 bits per heavy atom. The smallest absolute Gasteiger partial charge is 0.256 e. The van der Waals surface area contributed by atoms with Crippen LogP contribution in [0.4, 0.5) is 4.39 Å². The number of carbonyl (C=O) groups excluding carboxylic acids is 1. The molecule has 6 nitrogen and oxygen atoms in total. The molecule has 22 heavy (non-hydrogen) atoms. The van der Waals surface area contributed by atoms with E-state index in [0.29, 0.717) is 19.7 Å². The van der Waals surface area contributed by atoms with Gasteiger partial charge >= 0.3 is 0 Å². The summed E-state index contributed by atoms with van der Waals surface area (Å²) in [6, 6.07) is 6.12. The SMILES string of the molecule is COCc1cn([C@@H]2CCN(C(=O)c3ccccc3F)C2)nn1. The van der Waals surface area contributed by atoms with E-state index in [0.717, 1.165) is 12.1 Å². The van der Waals surface area contributed by atoms with Crippen molar-refractivity contribution in [1.82, 2.24) is 19.9 Å². The number of ether oxygens (including phenoxy) is 1. The van der Waals surface area contributed by atoms with Gasteiger partial charge in [0.2, 0.25) is 0 Å². The first-order valence-electron chi connectivity index (χ1n) is 7.12. The summed E-state index contributed by atoms with van der Waals surface area (Å²) in [5.74, 6) is -0.767. The van der Waals surface area contributed by atoms with Gasteiger partial charge in [-0.25, -0.2) is 9.07 Å². The molecule has 2 heterocycles. The summed E-state index contributed by atoms with van der Waals surface area (Å²) in [6.07, 6.45) is 2.60. The first kappa shape index (κ1) is 14.6. The van der Waals surface area contributed by atoms with Gasteiger partial charge in [0, 0.05) is 20.2 Å². The number of nitrogens with zero attached hydrogens (tertiary/aromatic N) is 4. The van der Waals surface area contributed by atoms with Gasteiger partial charge < -0.3 is 9.64 Å². The van der Waals surface area contributed by atoms with E-state index in [1.807, 2.05) is 6.20 Å². The van der Waals surface area contributed by atoms with Crippen LogP contribution >= 0.6 is 0 Å². The minimum absolute atomic E-state index is 0.0637. The number of likely N-dealkylation sites (tertiary alicyclic amines) is 1. The van der Waals surface area contributed by atoms with Crippen LogP contribution in [0.1, 0.15) is 28.5 Å². The molecule has 1 aromatic carbocycles. The van der Waals surface area contributed by atoms with Crippen LogP contribution in [-0.4, -0.2) is 46.0 Å². The van der Waals surface area contributed by atoms with Gasteiger partial charge in [0.05, 0.1) is 24.4 Å². The fraction of sp³-hybridized carbons (Fsp3) is 0.400. The van der Waals surface area contributed by atoms with Crippen molar-refractivity contribution in [3.8, 4) is 0 Å². The fourth-order valence-electron chi connectivity index (χ4n) is 2.65. The highest BCUT2D eigenvalue weighted by Gasteiger charge is 2.29. The third kappa shape index (κ3) is 2.85. The number of methoxy groups -OCH3 is 1. The number of amides is 1. The van der Waals surface area contributed by atoms with Crippen LogP contribution in [0.2, 0.25) is 0 Å². The molecule has 1 amide bonds. The van der Waals surface area contributed by atoms with Gasteiger partial charge in [-0.2, -0.15) is 0 Å². The number of benzene rings is 1. The topological polar surface area (TPSA) is 60.2 Å². The Bertz CT molecular complexity index is 673. The van der Waals surface area contributed by atoms with E-state index >= 15 is 0 Å². The average Bonchev–Trinajstić information content (AvgIpc) is 3.16. The Morgan fingerprint density at radius 3 is 3.05 bits per heavy atom. The van der Waals surface area contributed by atoms with Crippen molar-refractivity contribution in [2.45, 2.75) is 19.1 Å². The predicted octanol–water partition coefficient (Wildman–Crippen LogP) is 1.65. The lowest BCUT2D eigenvalue weighted by molar-refractivity contribution is 0.0782. The molecule has 0 bridgehead atoms. The lowest BCUT2D eigenvalue weighted by Gasteiger charge is -2.16. The number of rotatable bonds is 4. The van der Waals surface area contributed by atoms with E-state index in [1.165, 1.54) is 12.1 Å². The lowest BCUT2D eigenvalue weighted by Crippen LogP contribution is -2.29. The van der Waals surface area contributed by atoms with E-state index in [2.05, 4.69) is 10.3 Å². The van der Waals surface area contributed by atoms with Gasteiger partial charge in [-0.15, -0.1) is 5.10 Å². The Morgan fingerprint density at radius 2 is 2.27 bits per heavy atom. The summed E-state index contributed by atoms with van der Waals surface area (Å²) >= 11 is 0. The second-order valence-electron chi connectivity index (χ2n) is 5.30. The third-order valence-electron chi connectivity index (χ3n) is 3.78. The molecule has 116 valence electrons. The normalized spacial score (nSPS) is 17.9. The Balaban J connectivity index is 1.69. The molecule has 7 heteroatoms. The Kier molecular flexibility index (Phi) is 4.15. The van der Waals surface area contributed by atoms with Gasteiger partial charge in [0.25, 0.3) is 5.91 Å². The Labute approximate surface area is 127 Å². The summed E-state index contributed by atoms with van der Waals surface area (Å²) in [7, 11) is 1.60. The maximum Gasteiger partial charge on any atom is 0.256 e. The van der Waals surface area contributed by atoms with Crippen molar-refractivity contribution in [2.75, 3.05) is 20.2 Å². The summed E-state index contributed by atoms with van der Waals surface area (Å²) < 4.78 is 20.5. The van der Waals surface area contributed by atoms with E-state index in [9.17, 15) is 9.18 Å². The number of carbonyl (C=O) groups is 1. The largest absolute Gasteiger partial charge is 0.378 e. The highest BCUT2D eigenvalue weighted by molar-refractivity contribution is 5.94.